The molecule has 0 fully saturated rings. The van der Waals surface area contributed by atoms with E-state index >= 15 is 0 Å². The molecule has 0 radical (unpaired) electrons. The molecule has 0 bridgehead atoms. The van der Waals surface area contributed by atoms with Gasteiger partial charge in [0.1, 0.15) is 12.6 Å². The number of nitrogens with one attached hydrogen (secondary N) is 1. The predicted octanol–water partition coefficient (Wildman–Crippen LogP) is 3.53. The summed E-state index contributed by atoms with van der Waals surface area (Å²) in [6, 6.07) is 6.74. The Morgan fingerprint density at radius 1 is 1.15 bits per heavy atom. The van der Waals surface area contributed by atoms with Crippen LogP contribution < -0.4 is 5.32 Å². The zero-order valence-electron chi connectivity index (χ0n) is 20.1. The van der Waals surface area contributed by atoms with E-state index in [2.05, 4.69) is 24.0 Å². The van der Waals surface area contributed by atoms with E-state index in [1.807, 2.05) is 24.3 Å². The second kappa shape index (κ2) is 13.2. The summed E-state index contributed by atoms with van der Waals surface area (Å²) in [5, 5.41) is 11.7. The Balaban J connectivity index is 2.82. The second-order valence-electron chi connectivity index (χ2n) is 8.85. The average molecular weight is 483 g/mol. The molecule has 0 aliphatic heterocycles. The van der Waals surface area contributed by atoms with E-state index in [1.165, 1.54) is 19.4 Å². The summed E-state index contributed by atoms with van der Waals surface area (Å²) < 4.78 is 5.05. The van der Waals surface area contributed by atoms with Crippen molar-refractivity contribution in [3.63, 3.8) is 0 Å². The fraction of sp³-hybridized carbons (Fsp3) is 0.609. The van der Waals surface area contributed by atoms with Gasteiger partial charge >= 0.3 is 5.97 Å². The highest BCUT2D eigenvalue weighted by atomic mass is 32.2. The lowest BCUT2D eigenvalue weighted by Crippen LogP contribution is -2.45. The smallest absolute Gasteiger partial charge is 0.329 e. The van der Waals surface area contributed by atoms with E-state index in [4.69, 9.17) is 4.74 Å². The van der Waals surface area contributed by atoms with Crippen LogP contribution in [0.5, 0.6) is 0 Å². The van der Waals surface area contributed by atoms with Gasteiger partial charge < -0.3 is 14.9 Å². The molecule has 0 unspecified atom stereocenters. The van der Waals surface area contributed by atoms with Crippen LogP contribution in [-0.2, 0) is 30.4 Å². The summed E-state index contributed by atoms with van der Waals surface area (Å²) in [4.78, 5) is 52.5. The van der Waals surface area contributed by atoms with Crippen LogP contribution in [-0.4, -0.2) is 47.1 Å². The van der Waals surface area contributed by atoms with Crippen molar-refractivity contribution in [2.75, 3.05) is 19.0 Å². The molecule has 10 heteroatoms. The Hall–Kier alpha value is -2.62. The van der Waals surface area contributed by atoms with Crippen LogP contribution in [0.1, 0.15) is 58.6 Å². The number of thioether (sulfide) groups is 1. The van der Waals surface area contributed by atoms with Crippen molar-refractivity contribution in [1.29, 1.82) is 0 Å². The summed E-state index contributed by atoms with van der Waals surface area (Å²) >= 11 is 0.797. The molecule has 0 spiro atoms. The molecular formula is C23H34N2O7S. The van der Waals surface area contributed by atoms with Crippen molar-refractivity contribution >= 4 is 28.8 Å². The molecule has 0 aliphatic carbocycles. The zero-order valence-corrected chi connectivity index (χ0v) is 20.9. The van der Waals surface area contributed by atoms with Crippen LogP contribution in [0.2, 0.25) is 0 Å². The lowest BCUT2D eigenvalue weighted by Gasteiger charge is -2.23. The maximum absolute atomic E-state index is 12.8. The molecule has 1 N–H and O–H groups in total. The molecule has 0 saturated heterocycles. The fourth-order valence-corrected chi connectivity index (χ4v) is 3.89. The van der Waals surface area contributed by atoms with Crippen molar-refractivity contribution in [3.8, 4) is 0 Å². The minimum absolute atomic E-state index is 0.0641. The average Bonchev–Trinajstić information content (AvgIpc) is 2.74. The largest absolute Gasteiger partial charge is 0.464 e. The Labute approximate surface area is 199 Å². The predicted molar refractivity (Wildman–Crippen MR) is 126 cm³/mol. The number of amides is 1. The number of carbonyl (C=O) groups excluding carboxylic acids is 3. The first-order chi connectivity index (χ1) is 15.4. The molecule has 0 heterocycles. The van der Waals surface area contributed by atoms with Gasteiger partial charge in [-0.15, -0.1) is 10.1 Å². The van der Waals surface area contributed by atoms with Crippen molar-refractivity contribution in [2.24, 2.45) is 11.3 Å². The van der Waals surface area contributed by atoms with Crippen molar-refractivity contribution in [1.82, 2.24) is 5.32 Å². The first kappa shape index (κ1) is 28.4. The van der Waals surface area contributed by atoms with Crippen LogP contribution in [0.15, 0.2) is 24.3 Å². The van der Waals surface area contributed by atoms with Crippen LogP contribution in [0, 0.1) is 21.4 Å². The maximum atomic E-state index is 12.8. The first-order valence-electron chi connectivity index (χ1n) is 10.9. The molecule has 0 aliphatic rings. The molecule has 0 saturated carbocycles. The summed E-state index contributed by atoms with van der Waals surface area (Å²) in [6.07, 6.45) is 0.945. The number of hydrogen-bond donors (Lipinski definition) is 1. The van der Waals surface area contributed by atoms with Gasteiger partial charge in [-0.2, -0.15) is 0 Å². The number of esters is 1. The Bertz CT molecular complexity index is 825. The van der Waals surface area contributed by atoms with Crippen LogP contribution in [0.25, 0.3) is 0 Å². The third-order valence-corrected chi connectivity index (χ3v) is 6.18. The highest BCUT2D eigenvalue weighted by Gasteiger charge is 2.32. The molecule has 1 rings (SSSR count). The number of benzene rings is 1. The summed E-state index contributed by atoms with van der Waals surface area (Å²) in [6.45, 7) is 10.4. The topological polar surface area (TPSA) is 125 Å². The fourth-order valence-electron chi connectivity index (χ4n) is 2.90. The molecule has 2 atom stereocenters. The Kier molecular flexibility index (Phi) is 11.3. The van der Waals surface area contributed by atoms with Crippen LogP contribution >= 0.6 is 11.8 Å². The first-order valence-corrected chi connectivity index (χ1v) is 11.9. The number of carbonyl (C=O) groups is 3. The number of hydrogen-bond acceptors (Lipinski definition) is 8. The van der Waals surface area contributed by atoms with Gasteiger partial charge in [0, 0.05) is 5.75 Å². The molecule has 0 aromatic heterocycles. The van der Waals surface area contributed by atoms with E-state index in [0.717, 1.165) is 23.7 Å². The van der Waals surface area contributed by atoms with E-state index in [-0.39, 0.29) is 18.3 Å². The summed E-state index contributed by atoms with van der Waals surface area (Å²) in [5.41, 5.74) is 0.847. The van der Waals surface area contributed by atoms with E-state index in [9.17, 15) is 24.5 Å². The molecule has 1 aromatic carbocycles. The number of rotatable bonds is 13. The summed E-state index contributed by atoms with van der Waals surface area (Å²) in [5.74, 6) is -1.07. The molecule has 1 amide bonds. The Morgan fingerprint density at radius 3 is 2.27 bits per heavy atom. The van der Waals surface area contributed by atoms with Crippen molar-refractivity contribution in [3.05, 3.63) is 45.5 Å². The monoisotopic (exact) mass is 482 g/mol. The minimum Gasteiger partial charge on any atom is -0.464 e. The van der Waals surface area contributed by atoms with Gasteiger partial charge in [0.15, 0.2) is 5.12 Å². The third-order valence-electron chi connectivity index (χ3n) is 4.87. The molecule has 1 aromatic rings. The van der Waals surface area contributed by atoms with Gasteiger partial charge in [0.2, 0.25) is 5.91 Å². The van der Waals surface area contributed by atoms with E-state index in [1.54, 1.807) is 13.8 Å². The number of ether oxygens (including phenoxy) is 1. The standard InChI is InChI=1S/C23H34N2O7S/c1-7-31-21(27)19(13-33-22(28)23(5,6)14-32-25(29)30)24-20(26)16(4)18-10-8-17(9-11-18)12-15(2)3/h8-11,15-16,19H,7,12-14H2,1-6H3,(H,24,26)/t16-,19-/m0/s1. The van der Waals surface area contributed by atoms with Gasteiger partial charge in [-0.05, 0) is 37.3 Å². The molecule has 184 valence electrons. The van der Waals surface area contributed by atoms with Crippen LogP contribution in [0.3, 0.4) is 0 Å². The SMILES string of the molecule is CCOC(=O)[C@H](CSC(=O)C(C)(C)CO[N+](=O)[O-])NC(=O)[C@@H](C)c1ccc(CC(C)C)cc1. The number of nitrogens with zero attached hydrogens (tertiary/aromatic N) is 1. The van der Waals surface area contributed by atoms with Crippen molar-refractivity contribution in [2.45, 2.75) is 59.9 Å². The normalized spacial score (nSPS) is 13.2. The molecule has 33 heavy (non-hydrogen) atoms. The minimum atomic E-state index is -1.15. The lowest BCUT2D eigenvalue weighted by molar-refractivity contribution is -0.760. The van der Waals surface area contributed by atoms with E-state index < -0.39 is 40.2 Å². The Morgan fingerprint density at radius 2 is 1.76 bits per heavy atom. The summed E-state index contributed by atoms with van der Waals surface area (Å²) in [7, 11) is 0. The van der Waals surface area contributed by atoms with Crippen LogP contribution in [0.4, 0.5) is 0 Å². The third kappa shape index (κ3) is 9.81. The van der Waals surface area contributed by atoms with Gasteiger partial charge in [0.05, 0.1) is 17.9 Å². The lowest BCUT2D eigenvalue weighted by atomic mass is 9.96. The quantitative estimate of drug-likeness (QED) is 0.257. The maximum Gasteiger partial charge on any atom is 0.329 e. The van der Waals surface area contributed by atoms with Gasteiger partial charge in [-0.25, -0.2) is 4.79 Å². The van der Waals surface area contributed by atoms with E-state index in [0.29, 0.717) is 5.92 Å². The van der Waals surface area contributed by atoms with Gasteiger partial charge in [-0.3, -0.25) is 9.59 Å². The molecule has 9 nitrogen and oxygen atoms in total. The highest BCUT2D eigenvalue weighted by Crippen LogP contribution is 2.25. The van der Waals surface area contributed by atoms with Gasteiger partial charge in [-0.1, -0.05) is 63.7 Å². The molecular weight excluding hydrogens is 448 g/mol. The second-order valence-corrected chi connectivity index (χ2v) is 9.85. The van der Waals surface area contributed by atoms with Crippen molar-refractivity contribution < 1.29 is 29.0 Å². The van der Waals surface area contributed by atoms with Gasteiger partial charge in [0.25, 0.3) is 5.09 Å². The highest BCUT2D eigenvalue weighted by molar-refractivity contribution is 8.13. The zero-order chi connectivity index (χ0) is 25.2.